The molecule has 2 bridgehead atoms. The van der Waals surface area contributed by atoms with Gasteiger partial charge in [-0.05, 0) is 62.9 Å². The molecule has 7 nitrogen and oxygen atoms in total. The Balaban J connectivity index is 1.77. The van der Waals surface area contributed by atoms with Crippen molar-refractivity contribution in [3.8, 4) is 11.4 Å². The van der Waals surface area contributed by atoms with Gasteiger partial charge in [-0.15, -0.1) is 0 Å². The van der Waals surface area contributed by atoms with E-state index in [0.29, 0.717) is 57.7 Å². The van der Waals surface area contributed by atoms with Crippen LogP contribution in [0.4, 0.5) is 19.0 Å². The molecular weight excluding hydrogens is 469 g/mol. The molecule has 10 heteroatoms. The third-order valence-corrected chi connectivity index (χ3v) is 6.46. The van der Waals surface area contributed by atoms with Gasteiger partial charge in [-0.2, -0.15) is 5.10 Å². The van der Waals surface area contributed by atoms with Crippen LogP contribution in [0.3, 0.4) is 0 Å². The number of allylic oxidation sites excluding steroid dienone is 2. The van der Waals surface area contributed by atoms with E-state index in [1.165, 1.54) is 28.9 Å². The van der Waals surface area contributed by atoms with E-state index < -0.39 is 18.3 Å². The molecule has 0 saturated heterocycles. The van der Waals surface area contributed by atoms with Gasteiger partial charge in [0.05, 0.1) is 11.4 Å². The summed E-state index contributed by atoms with van der Waals surface area (Å²) in [5.74, 6) is 0.482. The molecule has 188 valence electrons. The molecular formula is C26H27F3N6O. The quantitative estimate of drug-likeness (QED) is 0.528. The van der Waals surface area contributed by atoms with E-state index in [0.717, 1.165) is 12.8 Å². The number of hydrogen-bond acceptors (Lipinski definition) is 6. The molecule has 0 amide bonds. The Labute approximate surface area is 206 Å². The monoisotopic (exact) mass is 496 g/mol. The Bertz CT molecular complexity index is 1370. The van der Waals surface area contributed by atoms with Crippen LogP contribution in [0.1, 0.15) is 61.7 Å². The summed E-state index contributed by atoms with van der Waals surface area (Å²) in [5.41, 5.74) is 15.8. The number of pyridine rings is 1. The van der Waals surface area contributed by atoms with E-state index in [2.05, 4.69) is 10.1 Å². The summed E-state index contributed by atoms with van der Waals surface area (Å²) in [5, 5.41) is 4.18. The smallest absolute Gasteiger partial charge is 0.282 e. The predicted molar refractivity (Wildman–Crippen MR) is 131 cm³/mol. The Morgan fingerprint density at radius 3 is 2.72 bits per heavy atom. The van der Waals surface area contributed by atoms with Crippen molar-refractivity contribution in [2.45, 2.75) is 45.6 Å². The lowest BCUT2D eigenvalue weighted by atomic mass is 9.96. The minimum atomic E-state index is -2.79. The van der Waals surface area contributed by atoms with Crippen LogP contribution in [0.5, 0.6) is 5.75 Å². The molecule has 2 aliphatic rings. The highest BCUT2D eigenvalue weighted by Crippen LogP contribution is 2.35. The lowest BCUT2D eigenvalue weighted by molar-refractivity contribution is 0.145. The van der Waals surface area contributed by atoms with Gasteiger partial charge in [0.25, 0.3) is 6.43 Å². The summed E-state index contributed by atoms with van der Waals surface area (Å²) in [7, 11) is 0. The molecule has 1 fully saturated rings. The number of nitrogens with two attached hydrogens (primary N) is 2. The van der Waals surface area contributed by atoms with Gasteiger partial charge in [0.15, 0.2) is 11.6 Å². The van der Waals surface area contributed by atoms with Crippen LogP contribution < -0.4 is 16.2 Å². The number of anilines is 1. The molecule has 36 heavy (non-hydrogen) atoms. The maximum Gasteiger partial charge on any atom is 0.282 e. The molecule has 3 aromatic rings. The van der Waals surface area contributed by atoms with Gasteiger partial charge in [0.2, 0.25) is 0 Å². The summed E-state index contributed by atoms with van der Waals surface area (Å²) in [6.07, 6.45) is 0.522. The number of nitrogens with zero attached hydrogens (tertiary/aromatic N) is 4. The minimum Gasteiger partial charge on any atom is -0.482 e. The Morgan fingerprint density at radius 1 is 1.25 bits per heavy atom. The molecule has 5 rings (SSSR count). The second-order valence-corrected chi connectivity index (χ2v) is 9.31. The van der Waals surface area contributed by atoms with Gasteiger partial charge in [-0.1, -0.05) is 0 Å². The number of halogens is 3. The zero-order chi connectivity index (χ0) is 25.6. The molecule has 1 aromatic carbocycles. The number of rotatable bonds is 3. The summed E-state index contributed by atoms with van der Waals surface area (Å²) in [4.78, 5) is 9.20. The summed E-state index contributed by atoms with van der Waals surface area (Å²) >= 11 is 0. The van der Waals surface area contributed by atoms with Crippen LogP contribution >= 0.6 is 0 Å². The minimum absolute atomic E-state index is 0.164. The van der Waals surface area contributed by atoms with Crippen LogP contribution in [-0.4, -0.2) is 27.0 Å². The number of fused-ring (bicyclic) bond motifs is 5. The van der Waals surface area contributed by atoms with Crippen molar-refractivity contribution in [1.82, 2.24) is 14.8 Å². The van der Waals surface area contributed by atoms with Crippen molar-refractivity contribution in [1.29, 1.82) is 0 Å². The number of aromatic nitrogens is 3. The third kappa shape index (κ3) is 4.67. The van der Waals surface area contributed by atoms with Crippen LogP contribution in [0.2, 0.25) is 0 Å². The molecule has 1 saturated carbocycles. The van der Waals surface area contributed by atoms with Crippen molar-refractivity contribution < 1.29 is 17.9 Å². The molecule has 0 unspecified atom stereocenters. The first-order chi connectivity index (χ1) is 17.2. The number of benzene rings is 1. The Kier molecular flexibility index (Phi) is 6.19. The van der Waals surface area contributed by atoms with Crippen LogP contribution in [-0.2, 0) is 6.42 Å². The zero-order valence-corrected chi connectivity index (χ0v) is 20.0. The molecule has 1 aliphatic carbocycles. The fraction of sp³-hybridized carbons (Fsp3) is 0.346. The number of aliphatic imine (C=N–C) groups is 1. The fourth-order valence-corrected chi connectivity index (χ4v) is 4.33. The van der Waals surface area contributed by atoms with Crippen LogP contribution in [0.15, 0.2) is 52.8 Å². The molecule has 0 radical (unpaired) electrons. The van der Waals surface area contributed by atoms with Gasteiger partial charge < -0.3 is 16.2 Å². The molecule has 1 aliphatic heterocycles. The van der Waals surface area contributed by atoms with E-state index >= 15 is 0 Å². The van der Waals surface area contributed by atoms with Gasteiger partial charge in [0, 0.05) is 47.3 Å². The van der Waals surface area contributed by atoms with E-state index in [1.54, 1.807) is 26.1 Å². The summed E-state index contributed by atoms with van der Waals surface area (Å²) < 4.78 is 49.4. The first-order valence-corrected chi connectivity index (χ1v) is 11.8. The highest BCUT2D eigenvalue weighted by Gasteiger charge is 2.27. The van der Waals surface area contributed by atoms with Gasteiger partial charge in [-0.3, -0.25) is 4.99 Å². The number of hydrogen-bond donors (Lipinski definition) is 2. The Hall–Kier alpha value is -3.82. The van der Waals surface area contributed by atoms with Crippen molar-refractivity contribution in [2.24, 2.45) is 16.6 Å². The molecule has 1 atom stereocenters. The van der Waals surface area contributed by atoms with Crippen molar-refractivity contribution in [2.75, 3.05) is 12.3 Å². The predicted octanol–water partition coefficient (Wildman–Crippen LogP) is 5.05. The van der Waals surface area contributed by atoms with E-state index in [4.69, 9.17) is 21.2 Å². The normalized spacial score (nSPS) is 20.3. The van der Waals surface area contributed by atoms with E-state index in [-0.39, 0.29) is 17.9 Å². The maximum atomic E-state index is 14.3. The largest absolute Gasteiger partial charge is 0.482 e. The van der Waals surface area contributed by atoms with E-state index in [1.807, 2.05) is 0 Å². The van der Waals surface area contributed by atoms with Crippen molar-refractivity contribution >= 4 is 11.5 Å². The lowest BCUT2D eigenvalue weighted by Gasteiger charge is -2.23. The molecule has 4 N–H and O–H groups in total. The first-order valence-electron chi connectivity index (χ1n) is 11.8. The number of alkyl halides is 2. The number of ether oxygens (including phenoxy) is 1. The van der Waals surface area contributed by atoms with Gasteiger partial charge in [0.1, 0.15) is 17.6 Å². The maximum absolute atomic E-state index is 14.3. The number of nitrogen functional groups attached to an aromatic ring is 1. The van der Waals surface area contributed by atoms with Gasteiger partial charge in [-0.25, -0.2) is 22.8 Å². The highest BCUT2D eigenvalue weighted by atomic mass is 19.3. The average Bonchev–Trinajstić information content (AvgIpc) is 3.56. The van der Waals surface area contributed by atoms with Crippen LogP contribution in [0, 0.1) is 11.7 Å². The SMILES string of the molecule is CC(N)=C1Cc2cc(C(F)F)nn2-c2ccc(F)cc2[C@@H](C)Oc2cc(cnc2N)C1=NCC1CC1. The lowest BCUT2D eigenvalue weighted by Crippen LogP contribution is -2.19. The molecule has 2 aromatic heterocycles. The average molecular weight is 497 g/mol. The molecule has 3 heterocycles. The molecule has 0 spiro atoms. The standard InChI is InChI=1S/C26H27F3N6O/c1-13(30)19-9-18-10-21(25(28)29)34-35(18)22-6-5-17(27)8-20(22)14(2)36-23-7-16(12-33-26(23)31)24(19)32-11-15-3-4-15/h5-8,10,12,14-15,25H,3-4,9,11,30H2,1-2H3,(H2,31,33)/t14-/m1/s1. The van der Waals surface area contributed by atoms with Crippen LogP contribution in [0.25, 0.3) is 5.69 Å². The second-order valence-electron chi connectivity index (χ2n) is 9.31. The summed E-state index contributed by atoms with van der Waals surface area (Å²) in [6, 6.07) is 7.16. The zero-order valence-electron chi connectivity index (χ0n) is 20.0. The van der Waals surface area contributed by atoms with E-state index in [9.17, 15) is 13.2 Å². The van der Waals surface area contributed by atoms with Crippen molar-refractivity contribution in [3.05, 3.63) is 76.1 Å². The third-order valence-electron chi connectivity index (χ3n) is 6.46. The highest BCUT2D eigenvalue weighted by molar-refractivity contribution is 6.13. The van der Waals surface area contributed by atoms with Crippen molar-refractivity contribution in [3.63, 3.8) is 0 Å². The first kappa shape index (κ1) is 23.9. The Morgan fingerprint density at radius 2 is 2.03 bits per heavy atom. The topological polar surface area (TPSA) is 104 Å². The summed E-state index contributed by atoms with van der Waals surface area (Å²) in [6.45, 7) is 4.09. The van der Waals surface area contributed by atoms with Gasteiger partial charge >= 0.3 is 0 Å². The fourth-order valence-electron chi connectivity index (χ4n) is 4.33. The second kappa shape index (κ2) is 9.33.